The molecule has 0 unspecified atom stereocenters. The molecule has 0 aliphatic rings. The van der Waals surface area contributed by atoms with Crippen molar-refractivity contribution in [1.29, 1.82) is 0 Å². The second-order valence-corrected chi connectivity index (χ2v) is 4.45. The van der Waals surface area contributed by atoms with Crippen molar-refractivity contribution in [2.75, 3.05) is 12.3 Å². The number of ketones is 1. The molecule has 0 saturated heterocycles. The van der Waals surface area contributed by atoms with E-state index in [1.54, 1.807) is 25.1 Å². The van der Waals surface area contributed by atoms with Gasteiger partial charge in [0.15, 0.2) is 5.78 Å². The zero-order valence-corrected chi connectivity index (χ0v) is 11.4. The van der Waals surface area contributed by atoms with Gasteiger partial charge in [0.25, 0.3) is 0 Å². The van der Waals surface area contributed by atoms with E-state index in [1.165, 1.54) is 18.2 Å². The topological polar surface area (TPSA) is 52.3 Å². The van der Waals surface area contributed by atoms with E-state index in [1.807, 2.05) is 6.92 Å². The summed E-state index contributed by atoms with van der Waals surface area (Å²) in [5.74, 6) is -0.165. The van der Waals surface area contributed by atoms with Crippen molar-refractivity contribution >= 4 is 11.5 Å². The summed E-state index contributed by atoms with van der Waals surface area (Å²) < 4.78 is 18.7. The van der Waals surface area contributed by atoms with E-state index < -0.39 is 0 Å². The molecule has 2 aromatic carbocycles. The molecular formula is C16H16FNO2. The minimum atomic E-state index is -0.340. The summed E-state index contributed by atoms with van der Waals surface area (Å²) in [6.07, 6.45) is 0. The van der Waals surface area contributed by atoms with Crippen LogP contribution < -0.4 is 10.5 Å². The third-order valence-electron chi connectivity index (χ3n) is 3.01. The molecule has 0 aliphatic carbocycles. The second-order valence-electron chi connectivity index (χ2n) is 4.45. The van der Waals surface area contributed by atoms with Gasteiger partial charge < -0.3 is 10.5 Å². The van der Waals surface area contributed by atoms with Crippen LogP contribution in [0.15, 0.2) is 36.4 Å². The van der Waals surface area contributed by atoms with Gasteiger partial charge in [-0.25, -0.2) is 4.39 Å². The molecule has 4 heteroatoms. The van der Waals surface area contributed by atoms with E-state index in [2.05, 4.69) is 0 Å². The first-order valence-corrected chi connectivity index (χ1v) is 6.36. The highest BCUT2D eigenvalue weighted by Gasteiger charge is 2.18. The quantitative estimate of drug-likeness (QED) is 0.686. The summed E-state index contributed by atoms with van der Waals surface area (Å²) in [6.45, 7) is 3.88. The maximum atomic E-state index is 13.3. The van der Waals surface area contributed by atoms with E-state index in [0.717, 1.165) is 0 Å². The van der Waals surface area contributed by atoms with Crippen LogP contribution >= 0.6 is 0 Å². The molecule has 20 heavy (non-hydrogen) atoms. The van der Waals surface area contributed by atoms with E-state index >= 15 is 0 Å². The van der Waals surface area contributed by atoms with Gasteiger partial charge in [0.05, 0.1) is 12.2 Å². The van der Waals surface area contributed by atoms with Gasteiger partial charge in [0.1, 0.15) is 11.6 Å². The number of ether oxygens (including phenoxy) is 1. The van der Waals surface area contributed by atoms with Crippen LogP contribution in [0.25, 0.3) is 0 Å². The smallest absolute Gasteiger partial charge is 0.198 e. The van der Waals surface area contributed by atoms with Crippen LogP contribution in [0.4, 0.5) is 10.1 Å². The SMILES string of the molecule is CCOc1cccc(N)c1C(=O)c1ccc(F)c(C)c1. The van der Waals surface area contributed by atoms with Crippen molar-refractivity contribution in [3.63, 3.8) is 0 Å². The number of hydrogen-bond acceptors (Lipinski definition) is 3. The first kappa shape index (κ1) is 14.1. The highest BCUT2D eigenvalue weighted by Crippen LogP contribution is 2.27. The molecule has 0 aromatic heterocycles. The van der Waals surface area contributed by atoms with Gasteiger partial charge in [-0.15, -0.1) is 0 Å². The minimum absolute atomic E-state index is 0.269. The number of halogens is 1. The highest BCUT2D eigenvalue weighted by molar-refractivity contribution is 6.14. The molecule has 2 N–H and O–H groups in total. The molecule has 0 saturated carbocycles. The fourth-order valence-corrected chi connectivity index (χ4v) is 2.00. The van der Waals surface area contributed by atoms with Crippen LogP contribution in [0.3, 0.4) is 0 Å². The van der Waals surface area contributed by atoms with Crippen molar-refractivity contribution in [2.45, 2.75) is 13.8 Å². The van der Waals surface area contributed by atoms with E-state index in [-0.39, 0.29) is 11.6 Å². The van der Waals surface area contributed by atoms with Gasteiger partial charge in [0.2, 0.25) is 0 Å². The summed E-state index contributed by atoms with van der Waals surface area (Å²) in [6, 6.07) is 9.32. The highest BCUT2D eigenvalue weighted by atomic mass is 19.1. The molecule has 104 valence electrons. The standard InChI is InChI=1S/C16H16FNO2/c1-3-20-14-6-4-5-13(18)15(14)16(19)11-7-8-12(17)10(2)9-11/h4-9H,3,18H2,1-2H3. The summed E-state index contributed by atoms with van der Waals surface area (Å²) in [4.78, 5) is 12.5. The Morgan fingerprint density at radius 2 is 2.05 bits per heavy atom. The molecule has 2 rings (SSSR count). The Kier molecular flexibility index (Phi) is 4.03. The van der Waals surface area contributed by atoms with Crippen molar-refractivity contribution in [2.24, 2.45) is 0 Å². The predicted octanol–water partition coefficient (Wildman–Crippen LogP) is 3.35. The van der Waals surface area contributed by atoms with Crippen LogP contribution in [0.5, 0.6) is 5.75 Å². The van der Waals surface area contributed by atoms with Gasteiger partial charge >= 0.3 is 0 Å². The average molecular weight is 273 g/mol. The monoisotopic (exact) mass is 273 g/mol. The normalized spacial score (nSPS) is 10.3. The summed E-state index contributed by atoms with van der Waals surface area (Å²) in [5.41, 5.74) is 7.36. The third-order valence-corrected chi connectivity index (χ3v) is 3.01. The van der Waals surface area contributed by atoms with Crippen molar-refractivity contribution < 1.29 is 13.9 Å². The summed E-state index contributed by atoms with van der Waals surface area (Å²) in [5, 5.41) is 0. The second kappa shape index (κ2) is 5.74. The number of nitrogens with two attached hydrogens (primary N) is 1. The van der Waals surface area contributed by atoms with Gasteiger partial charge in [-0.2, -0.15) is 0 Å². The van der Waals surface area contributed by atoms with Crippen LogP contribution in [0, 0.1) is 12.7 Å². The van der Waals surface area contributed by atoms with Crippen molar-refractivity contribution in [3.05, 3.63) is 58.9 Å². The summed E-state index contributed by atoms with van der Waals surface area (Å²) in [7, 11) is 0. The van der Waals surface area contributed by atoms with Crippen molar-refractivity contribution in [1.82, 2.24) is 0 Å². The maximum absolute atomic E-state index is 13.3. The van der Waals surface area contributed by atoms with E-state index in [4.69, 9.17) is 10.5 Å². The van der Waals surface area contributed by atoms with Crippen LogP contribution in [0.1, 0.15) is 28.4 Å². The largest absolute Gasteiger partial charge is 0.493 e. The fourth-order valence-electron chi connectivity index (χ4n) is 2.00. The number of benzene rings is 2. The maximum Gasteiger partial charge on any atom is 0.198 e. The molecule has 2 aromatic rings. The number of nitrogen functional groups attached to an aromatic ring is 1. The molecule has 0 radical (unpaired) electrons. The lowest BCUT2D eigenvalue weighted by molar-refractivity contribution is 0.103. The van der Waals surface area contributed by atoms with Crippen LogP contribution in [-0.2, 0) is 0 Å². The molecule has 0 aliphatic heterocycles. The van der Waals surface area contributed by atoms with Crippen LogP contribution in [0.2, 0.25) is 0 Å². The minimum Gasteiger partial charge on any atom is -0.493 e. The molecule has 0 heterocycles. The Labute approximate surface area is 117 Å². The van der Waals surface area contributed by atoms with Crippen molar-refractivity contribution in [3.8, 4) is 5.75 Å². The number of hydrogen-bond donors (Lipinski definition) is 1. The lowest BCUT2D eigenvalue weighted by Crippen LogP contribution is -2.09. The molecule has 0 spiro atoms. The Bertz CT molecular complexity index is 653. The molecule has 3 nitrogen and oxygen atoms in total. The molecule has 0 amide bonds. The lowest BCUT2D eigenvalue weighted by Gasteiger charge is -2.12. The Balaban J connectivity index is 2.50. The number of rotatable bonds is 4. The fraction of sp³-hybridized carbons (Fsp3) is 0.188. The Morgan fingerprint density at radius 1 is 1.30 bits per heavy atom. The Morgan fingerprint density at radius 3 is 2.70 bits per heavy atom. The zero-order valence-electron chi connectivity index (χ0n) is 11.4. The van der Waals surface area contributed by atoms with Gasteiger partial charge in [-0.1, -0.05) is 6.07 Å². The van der Waals surface area contributed by atoms with Gasteiger partial charge in [-0.05, 0) is 49.7 Å². The summed E-state index contributed by atoms with van der Waals surface area (Å²) >= 11 is 0. The van der Waals surface area contributed by atoms with Gasteiger partial charge in [-0.3, -0.25) is 4.79 Å². The number of carbonyl (C=O) groups excluding carboxylic acids is 1. The Hall–Kier alpha value is -2.36. The first-order chi connectivity index (χ1) is 9.54. The molecule has 0 fully saturated rings. The third kappa shape index (κ3) is 2.64. The van der Waals surface area contributed by atoms with E-state index in [9.17, 15) is 9.18 Å². The number of aryl methyl sites for hydroxylation is 1. The average Bonchev–Trinajstić information content (AvgIpc) is 2.42. The first-order valence-electron chi connectivity index (χ1n) is 6.36. The van der Waals surface area contributed by atoms with E-state index in [0.29, 0.717) is 34.7 Å². The predicted molar refractivity (Wildman–Crippen MR) is 76.6 cm³/mol. The lowest BCUT2D eigenvalue weighted by atomic mass is 9.99. The number of carbonyl (C=O) groups is 1. The molecular weight excluding hydrogens is 257 g/mol. The zero-order chi connectivity index (χ0) is 14.7. The van der Waals surface area contributed by atoms with Crippen LogP contribution in [-0.4, -0.2) is 12.4 Å². The van der Waals surface area contributed by atoms with Gasteiger partial charge in [0, 0.05) is 11.3 Å². The molecule has 0 atom stereocenters. The molecule has 0 bridgehead atoms. The number of anilines is 1.